The lowest BCUT2D eigenvalue weighted by Crippen LogP contribution is -2.42. The third kappa shape index (κ3) is 3.69. The van der Waals surface area contributed by atoms with E-state index in [9.17, 15) is 14.4 Å². The largest absolute Gasteiger partial charge is 0.325 e. The smallest absolute Gasteiger partial charge is 0.324 e. The molecule has 0 aliphatic carbocycles. The maximum Gasteiger partial charge on any atom is 0.325 e. The number of benzene rings is 2. The van der Waals surface area contributed by atoms with Crippen molar-refractivity contribution in [3.63, 3.8) is 0 Å². The molecule has 2 N–H and O–H groups in total. The van der Waals surface area contributed by atoms with Gasteiger partial charge in [0.15, 0.2) is 0 Å². The standard InChI is InChI=1S/C22H22N4O3/c1-13-9-14(2)19(15(3)10-13)24-18(27)12-26-20(28)22(4,25-21(26)29)17-7-5-16(11-23)6-8-17/h5-10H,12H2,1-4H3,(H,24,27)(H,25,29)/t22-/m0/s1. The van der Waals surface area contributed by atoms with Gasteiger partial charge in [0, 0.05) is 5.69 Å². The maximum absolute atomic E-state index is 13.0. The number of imide groups is 1. The second-order valence-corrected chi connectivity index (χ2v) is 7.46. The van der Waals surface area contributed by atoms with Crippen molar-refractivity contribution in [3.8, 4) is 6.07 Å². The number of nitrogens with one attached hydrogen (secondary N) is 2. The first-order valence-electron chi connectivity index (χ1n) is 9.18. The highest BCUT2D eigenvalue weighted by Crippen LogP contribution is 2.29. The molecule has 1 aliphatic rings. The Hall–Kier alpha value is -3.66. The molecule has 2 aromatic carbocycles. The summed E-state index contributed by atoms with van der Waals surface area (Å²) in [5.41, 5.74) is 3.30. The van der Waals surface area contributed by atoms with Gasteiger partial charge in [0.2, 0.25) is 5.91 Å². The molecule has 1 atom stereocenters. The van der Waals surface area contributed by atoms with Crippen LogP contribution in [0, 0.1) is 32.1 Å². The molecule has 0 bridgehead atoms. The van der Waals surface area contributed by atoms with E-state index in [0.29, 0.717) is 16.8 Å². The summed E-state index contributed by atoms with van der Waals surface area (Å²) < 4.78 is 0. The molecule has 7 heteroatoms. The third-order valence-corrected chi connectivity index (χ3v) is 5.11. The average molecular weight is 390 g/mol. The van der Waals surface area contributed by atoms with Gasteiger partial charge in [0.25, 0.3) is 5.91 Å². The van der Waals surface area contributed by atoms with Crippen molar-refractivity contribution in [1.82, 2.24) is 10.2 Å². The molecule has 0 aromatic heterocycles. The molecule has 148 valence electrons. The van der Waals surface area contributed by atoms with Crippen molar-refractivity contribution in [1.29, 1.82) is 5.26 Å². The second kappa shape index (κ2) is 7.40. The van der Waals surface area contributed by atoms with Gasteiger partial charge in [0.05, 0.1) is 11.6 Å². The van der Waals surface area contributed by atoms with Crippen LogP contribution >= 0.6 is 0 Å². The van der Waals surface area contributed by atoms with E-state index in [2.05, 4.69) is 10.6 Å². The Morgan fingerprint density at radius 1 is 1.14 bits per heavy atom. The van der Waals surface area contributed by atoms with Crippen molar-refractivity contribution >= 4 is 23.5 Å². The summed E-state index contributed by atoms with van der Waals surface area (Å²) in [7, 11) is 0. The molecule has 0 spiro atoms. The molecule has 4 amide bonds. The van der Waals surface area contributed by atoms with E-state index in [1.54, 1.807) is 31.2 Å². The minimum Gasteiger partial charge on any atom is -0.324 e. The lowest BCUT2D eigenvalue weighted by Gasteiger charge is -2.22. The zero-order valence-electron chi connectivity index (χ0n) is 16.8. The average Bonchev–Trinajstić information content (AvgIpc) is 2.88. The number of rotatable bonds is 4. The second-order valence-electron chi connectivity index (χ2n) is 7.46. The van der Waals surface area contributed by atoms with Gasteiger partial charge in [-0.15, -0.1) is 0 Å². The molecule has 29 heavy (non-hydrogen) atoms. The van der Waals surface area contributed by atoms with Crippen LogP contribution < -0.4 is 10.6 Å². The number of aryl methyl sites for hydroxylation is 3. The van der Waals surface area contributed by atoms with Crippen LogP contribution in [0.2, 0.25) is 0 Å². The van der Waals surface area contributed by atoms with Gasteiger partial charge in [-0.2, -0.15) is 5.26 Å². The monoisotopic (exact) mass is 390 g/mol. The predicted octanol–water partition coefficient (Wildman–Crippen LogP) is 2.89. The van der Waals surface area contributed by atoms with E-state index in [-0.39, 0.29) is 6.54 Å². The summed E-state index contributed by atoms with van der Waals surface area (Å²) in [5.74, 6) is -0.965. The van der Waals surface area contributed by atoms with Gasteiger partial charge in [-0.25, -0.2) is 4.79 Å². The number of nitrogens with zero attached hydrogens (tertiary/aromatic N) is 2. The molecule has 0 saturated carbocycles. The minimum absolute atomic E-state index is 0.386. The summed E-state index contributed by atoms with van der Waals surface area (Å²) in [6, 6.07) is 11.7. The van der Waals surface area contributed by atoms with Crippen LogP contribution in [-0.4, -0.2) is 29.3 Å². The molecule has 3 rings (SSSR count). The lowest BCUT2D eigenvalue weighted by molar-refractivity contribution is -0.133. The summed E-state index contributed by atoms with van der Waals surface area (Å²) in [5, 5.41) is 14.4. The number of hydrogen-bond acceptors (Lipinski definition) is 4. The highest BCUT2D eigenvalue weighted by atomic mass is 16.2. The van der Waals surface area contributed by atoms with Crippen LogP contribution in [0.15, 0.2) is 36.4 Å². The summed E-state index contributed by atoms with van der Waals surface area (Å²) in [6.45, 7) is 6.96. The maximum atomic E-state index is 13.0. The van der Waals surface area contributed by atoms with Gasteiger partial charge >= 0.3 is 6.03 Å². The van der Waals surface area contributed by atoms with Crippen molar-refractivity contribution in [2.24, 2.45) is 0 Å². The van der Waals surface area contributed by atoms with E-state index in [0.717, 1.165) is 21.6 Å². The van der Waals surface area contributed by atoms with Gasteiger partial charge in [0.1, 0.15) is 12.1 Å². The van der Waals surface area contributed by atoms with Crippen LogP contribution in [-0.2, 0) is 15.1 Å². The molecule has 0 unspecified atom stereocenters. The Balaban J connectivity index is 1.78. The summed E-state index contributed by atoms with van der Waals surface area (Å²) in [6.07, 6.45) is 0. The Kier molecular flexibility index (Phi) is 5.12. The molecular formula is C22H22N4O3. The molecule has 2 aromatic rings. The highest BCUT2D eigenvalue weighted by molar-refractivity contribution is 6.10. The fourth-order valence-electron chi connectivity index (χ4n) is 3.61. The number of hydrogen-bond donors (Lipinski definition) is 2. The van der Waals surface area contributed by atoms with Crippen molar-refractivity contribution in [2.75, 3.05) is 11.9 Å². The topological polar surface area (TPSA) is 102 Å². The van der Waals surface area contributed by atoms with E-state index in [4.69, 9.17) is 5.26 Å². The Labute approximate surface area is 169 Å². The van der Waals surface area contributed by atoms with Gasteiger partial charge in [-0.1, -0.05) is 29.8 Å². The number of amides is 4. The molecule has 0 radical (unpaired) electrons. The first-order chi connectivity index (χ1) is 13.7. The van der Waals surface area contributed by atoms with Crippen molar-refractivity contribution in [3.05, 3.63) is 64.2 Å². The molecule has 1 aliphatic heterocycles. The number of anilines is 1. The number of carbonyl (C=O) groups excluding carboxylic acids is 3. The van der Waals surface area contributed by atoms with E-state index in [1.165, 1.54) is 0 Å². The Morgan fingerprint density at radius 2 is 1.72 bits per heavy atom. The van der Waals surface area contributed by atoms with Gasteiger partial charge in [-0.3, -0.25) is 14.5 Å². The number of carbonyl (C=O) groups is 3. The normalized spacial score (nSPS) is 18.4. The Morgan fingerprint density at radius 3 is 2.28 bits per heavy atom. The van der Waals surface area contributed by atoms with E-state index >= 15 is 0 Å². The van der Waals surface area contributed by atoms with Crippen molar-refractivity contribution < 1.29 is 14.4 Å². The lowest BCUT2D eigenvalue weighted by atomic mass is 9.91. The van der Waals surface area contributed by atoms with Crippen LogP contribution in [0.3, 0.4) is 0 Å². The zero-order valence-corrected chi connectivity index (χ0v) is 16.8. The van der Waals surface area contributed by atoms with Crippen LogP contribution in [0.1, 0.15) is 34.7 Å². The summed E-state index contributed by atoms with van der Waals surface area (Å²) in [4.78, 5) is 38.8. The van der Waals surface area contributed by atoms with E-state index in [1.807, 2.05) is 39.0 Å². The fourth-order valence-corrected chi connectivity index (χ4v) is 3.61. The molecule has 1 fully saturated rings. The van der Waals surface area contributed by atoms with Crippen molar-refractivity contribution in [2.45, 2.75) is 33.2 Å². The SMILES string of the molecule is Cc1cc(C)c(NC(=O)CN2C(=O)N[C@@](C)(c3ccc(C#N)cc3)C2=O)c(C)c1. The third-order valence-electron chi connectivity index (χ3n) is 5.11. The molecule has 1 heterocycles. The number of nitriles is 1. The first kappa shape index (κ1) is 20.1. The predicted molar refractivity (Wildman–Crippen MR) is 108 cm³/mol. The molecule has 1 saturated heterocycles. The Bertz CT molecular complexity index is 1030. The molecule has 7 nitrogen and oxygen atoms in total. The zero-order chi connectivity index (χ0) is 21.3. The van der Waals surface area contributed by atoms with E-state index < -0.39 is 23.4 Å². The van der Waals surface area contributed by atoms with Gasteiger partial charge < -0.3 is 10.6 Å². The quantitative estimate of drug-likeness (QED) is 0.784. The molecular weight excluding hydrogens is 368 g/mol. The highest BCUT2D eigenvalue weighted by Gasteiger charge is 2.49. The minimum atomic E-state index is -1.29. The fraction of sp³-hybridized carbons (Fsp3) is 0.273. The van der Waals surface area contributed by atoms with Crippen LogP contribution in [0.5, 0.6) is 0 Å². The number of urea groups is 1. The van der Waals surface area contributed by atoms with Gasteiger partial charge in [-0.05, 0) is 56.5 Å². The summed E-state index contributed by atoms with van der Waals surface area (Å²) >= 11 is 0. The van der Waals surface area contributed by atoms with Crippen LogP contribution in [0.25, 0.3) is 0 Å². The first-order valence-corrected chi connectivity index (χ1v) is 9.18. The van der Waals surface area contributed by atoms with Crippen LogP contribution in [0.4, 0.5) is 10.5 Å².